The Kier molecular flexibility index (Phi) is 7.50. The second kappa shape index (κ2) is 9.71. The van der Waals surface area contributed by atoms with Crippen molar-refractivity contribution in [2.75, 3.05) is 6.61 Å². The Morgan fingerprint density at radius 3 is 2.68 bits per heavy atom. The predicted molar refractivity (Wildman–Crippen MR) is 121 cm³/mol. The molecule has 7 nitrogen and oxygen atoms in total. The van der Waals surface area contributed by atoms with Crippen LogP contribution >= 0.6 is 23.1 Å². The molecule has 0 aromatic carbocycles. The summed E-state index contributed by atoms with van der Waals surface area (Å²) in [5, 5.41) is 8.99. The molecule has 1 amide bonds. The van der Waals surface area contributed by atoms with Gasteiger partial charge in [0.25, 0.3) is 0 Å². The molecule has 1 saturated heterocycles. The number of rotatable bonds is 5. The highest BCUT2D eigenvalue weighted by molar-refractivity contribution is 7.99. The maximum atomic E-state index is 13.3. The van der Waals surface area contributed by atoms with Crippen molar-refractivity contribution in [3.63, 3.8) is 0 Å². The predicted octanol–water partition coefficient (Wildman–Crippen LogP) is 6.02. The van der Waals surface area contributed by atoms with E-state index in [2.05, 4.69) is 9.97 Å². The van der Waals surface area contributed by atoms with E-state index in [9.17, 15) is 23.2 Å². The summed E-state index contributed by atoms with van der Waals surface area (Å²) in [5.74, 6) is 0. The van der Waals surface area contributed by atoms with E-state index in [0.717, 1.165) is 28.8 Å². The lowest BCUT2D eigenvalue weighted by Gasteiger charge is -2.36. The van der Waals surface area contributed by atoms with E-state index in [1.807, 2.05) is 6.07 Å². The van der Waals surface area contributed by atoms with Gasteiger partial charge in [0.05, 0.1) is 23.7 Å². The molecule has 12 heteroatoms. The number of nitrogens with zero attached hydrogens (tertiary/aromatic N) is 4. The maximum Gasteiger partial charge on any atom is 0.433 e. The highest BCUT2D eigenvalue weighted by Crippen LogP contribution is 2.44. The Morgan fingerprint density at radius 2 is 2.12 bits per heavy atom. The number of hydrogen-bond acceptors (Lipinski definition) is 8. The van der Waals surface area contributed by atoms with Crippen LogP contribution in [0.3, 0.4) is 0 Å². The van der Waals surface area contributed by atoms with Crippen LogP contribution in [-0.4, -0.2) is 44.9 Å². The number of nitriles is 1. The van der Waals surface area contributed by atoms with E-state index in [4.69, 9.17) is 9.47 Å². The Morgan fingerprint density at radius 1 is 1.41 bits per heavy atom. The van der Waals surface area contributed by atoms with Gasteiger partial charge in [-0.2, -0.15) is 18.4 Å². The molecular formula is C22H25F3N4O3S2. The first-order valence-electron chi connectivity index (χ1n) is 10.4. The van der Waals surface area contributed by atoms with Gasteiger partial charge < -0.3 is 9.47 Å². The van der Waals surface area contributed by atoms with Gasteiger partial charge in [0.15, 0.2) is 0 Å². The number of aromatic nitrogens is 2. The summed E-state index contributed by atoms with van der Waals surface area (Å²) in [5.41, 5.74) is -1.05. The average molecular weight is 515 g/mol. The van der Waals surface area contributed by atoms with Gasteiger partial charge in [0, 0.05) is 16.3 Å². The van der Waals surface area contributed by atoms with Gasteiger partial charge in [-0.25, -0.2) is 9.78 Å². The summed E-state index contributed by atoms with van der Waals surface area (Å²) in [4.78, 5) is 23.1. The van der Waals surface area contributed by atoms with Crippen LogP contribution in [-0.2, 0) is 15.7 Å². The number of amides is 1. The van der Waals surface area contributed by atoms with E-state index in [0.29, 0.717) is 6.42 Å². The van der Waals surface area contributed by atoms with Crippen LogP contribution in [0.2, 0.25) is 0 Å². The quantitative estimate of drug-likeness (QED) is 0.451. The SMILES string of the molecule is CC(C)(C)OC(=O)N1[C@@H](C[C@@H](Sc2nc(C(F)(F)F)ccc2C#N)c2cncs2)COC1(C)C. The molecule has 34 heavy (non-hydrogen) atoms. The molecule has 1 fully saturated rings. The van der Waals surface area contributed by atoms with Gasteiger partial charge in [-0.1, -0.05) is 11.8 Å². The molecule has 0 bridgehead atoms. The van der Waals surface area contributed by atoms with Crippen LogP contribution < -0.4 is 0 Å². The standard InChI is InChI=1S/C22H25F3N4O3S2/c1-20(2,3)32-19(30)29-14(11-31-21(29,4)5)8-15(16-10-27-12-33-16)34-18-13(9-26)6-7-17(28-18)22(23,24)25/h6-7,10,12,14-15H,8,11H2,1-5H3/t14-,15+/m0/s1. The molecule has 0 unspecified atom stereocenters. The number of carbonyl (C=O) groups is 1. The van der Waals surface area contributed by atoms with Gasteiger partial charge >= 0.3 is 12.3 Å². The Hall–Kier alpha value is -2.36. The second-order valence-corrected chi connectivity index (χ2v) is 11.3. The first-order chi connectivity index (χ1) is 15.7. The summed E-state index contributed by atoms with van der Waals surface area (Å²) in [7, 11) is 0. The zero-order valence-corrected chi connectivity index (χ0v) is 21.0. The third kappa shape index (κ3) is 6.20. The van der Waals surface area contributed by atoms with E-state index < -0.39 is 40.6 Å². The minimum absolute atomic E-state index is 0.0299. The van der Waals surface area contributed by atoms with Crippen LogP contribution in [0.15, 0.2) is 28.9 Å². The first-order valence-corrected chi connectivity index (χ1v) is 12.2. The third-order valence-electron chi connectivity index (χ3n) is 4.94. The van der Waals surface area contributed by atoms with Gasteiger partial charge in [-0.05, 0) is 53.2 Å². The third-order valence-corrected chi connectivity index (χ3v) is 7.25. The van der Waals surface area contributed by atoms with Crippen molar-refractivity contribution in [3.8, 4) is 6.07 Å². The fourth-order valence-corrected chi connectivity index (χ4v) is 5.58. The van der Waals surface area contributed by atoms with Crippen molar-refractivity contribution in [2.24, 2.45) is 0 Å². The molecule has 0 radical (unpaired) electrons. The zero-order valence-electron chi connectivity index (χ0n) is 19.3. The molecular weight excluding hydrogens is 489 g/mol. The van der Waals surface area contributed by atoms with Crippen LogP contribution in [0.4, 0.5) is 18.0 Å². The molecule has 0 saturated carbocycles. The number of halogens is 3. The molecule has 0 aliphatic carbocycles. The lowest BCUT2D eigenvalue weighted by Crippen LogP contribution is -2.50. The van der Waals surface area contributed by atoms with E-state index in [-0.39, 0.29) is 17.2 Å². The normalized spacial score (nSPS) is 19.0. The lowest BCUT2D eigenvalue weighted by atomic mass is 10.1. The van der Waals surface area contributed by atoms with Gasteiger partial charge in [0.1, 0.15) is 28.1 Å². The van der Waals surface area contributed by atoms with Crippen LogP contribution in [0.5, 0.6) is 0 Å². The summed E-state index contributed by atoms with van der Waals surface area (Å²) < 4.78 is 51.2. The molecule has 1 aliphatic heterocycles. The Balaban J connectivity index is 1.93. The largest absolute Gasteiger partial charge is 0.444 e. The van der Waals surface area contributed by atoms with Gasteiger partial charge in [-0.15, -0.1) is 11.3 Å². The molecule has 1 aliphatic rings. The molecule has 2 atom stereocenters. The van der Waals surface area contributed by atoms with E-state index in [1.165, 1.54) is 16.2 Å². The molecule has 3 rings (SSSR count). The lowest BCUT2D eigenvalue weighted by molar-refractivity contribution is -0.141. The minimum atomic E-state index is -4.64. The monoisotopic (exact) mass is 514 g/mol. The van der Waals surface area contributed by atoms with Crippen molar-refractivity contribution in [3.05, 3.63) is 40.0 Å². The number of thiazole rings is 1. The van der Waals surface area contributed by atoms with Gasteiger partial charge in [0.2, 0.25) is 0 Å². The van der Waals surface area contributed by atoms with Crippen molar-refractivity contribution >= 4 is 29.2 Å². The van der Waals surface area contributed by atoms with Crippen LogP contribution in [0, 0.1) is 11.3 Å². The zero-order chi connectivity index (χ0) is 25.3. The summed E-state index contributed by atoms with van der Waals surface area (Å²) in [6, 6.07) is 3.41. The van der Waals surface area contributed by atoms with Gasteiger partial charge in [-0.3, -0.25) is 9.88 Å². The van der Waals surface area contributed by atoms with Crippen molar-refractivity contribution in [2.45, 2.75) is 74.9 Å². The number of pyridine rings is 1. The molecule has 3 heterocycles. The fourth-order valence-electron chi connectivity index (χ4n) is 3.50. The first kappa shape index (κ1) is 26.2. The summed E-state index contributed by atoms with van der Waals surface area (Å²) in [6.45, 7) is 9.04. The number of hydrogen-bond donors (Lipinski definition) is 0. The Bertz CT molecular complexity index is 1060. The Labute approximate surface area is 204 Å². The van der Waals surface area contributed by atoms with Crippen LogP contribution in [0.1, 0.15) is 62.4 Å². The highest BCUT2D eigenvalue weighted by Gasteiger charge is 2.46. The van der Waals surface area contributed by atoms with Crippen LogP contribution in [0.25, 0.3) is 0 Å². The molecule has 0 spiro atoms. The summed E-state index contributed by atoms with van der Waals surface area (Å²) in [6.07, 6.45) is -3.22. The highest BCUT2D eigenvalue weighted by atomic mass is 32.2. The molecule has 2 aromatic rings. The number of thioether (sulfide) groups is 1. The van der Waals surface area contributed by atoms with E-state index >= 15 is 0 Å². The maximum absolute atomic E-state index is 13.3. The second-order valence-electron chi connectivity index (χ2n) is 9.17. The fraction of sp³-hybridized carbons (Fsp3) is 0.545. The van der Waals surface area contributed by atoms with Crippen molar-refractivity contribution in [1.82, 2.24) is 14.9 Å². The molecule has 184 valence electrons. The van der Waals surface area contributed by atoms with Crippen molar-refractivity contribution in [1.29, 1.82) is 5.26 Å². The van der Waals surface area contributed by atoms with E-state index in [1.54, 1.807) is 46.3 Å². The number of carbonyl (C=O) groups excluding carboxylic acids is 1. The topological polar surface area (TPSA) is 88.3 Å². The number of alkyl halides is 3. The van der Waals surface area contributed by atoms with Crippen molar-refractivity contribution < 1.29 is 27.4 Å². The minimum Gasteiger partial charge on any atom is -0.444 e. The molecule has 0 N–H and O–H groups in total. The molecule has 2 aromatic heterocycles. The average Bonchev–Trinajstić information content (AvgIpc) is 3.33. The number of ether oxygens (including phenoxy) is 2. The smallest absolute Gasteiger partial charge is 0.433 e. The summed E-state index contributed by atoms with van der Waals surface area (Å²) >= 11 is 2.38.